The second-order valence-corrected chi connectivity index (χ2v) is 5.60. The highest BCUT2D eigenvalue weighted by Gasteiger charge is 2.26. The van der Waals surface area contributed by atoms with Gasteiger partial charge in [0.2, 0.25) is 0 Å². The molecular weight excluding hydrogens is 266 g/mol. The molecule has 0 fully saturated rings. The van der Waals surface area contributed by atoms with Crippen LogP contribution in [0.1, 0.15) is 23.6 Å². The van der Waals surface area contributed by atoms with Crippen LogP contribution in [0.25, 0.3) is 0 Å². The van der Waals surface area contributed by atoms with E-state index in [0.29, 0.717) is 6.04 Å². The molecule has 2 aromatic rings. The third-order valence-electron chi connectivity index (χ3n) is 3.96. The summed E-state index contributed by atoms with van der Waals surface area (Å²) < 4.78 is 0. The van der Waals surface area contributed by atoms with Crippen molar-refractivity contribution in [1.29, 1.82) is 0 Å². The Morgan fingerprint density at radius 1 is 1.15 bits per heavy atom. The van der Waals surface area contributed by atoms with E-state index in [9.17, 15) is 0 Å². The zero-order valence-corrected chi connectivity index (χ0v) is 12.2. The molecule has 0 saturated heterocycles. The highest BCUT2D eigenvalue weighted by atomic mass is 35.5. The quantitative estimate of drug-likeness (QED) is 0.715. The predicted octanol–water partition coefficient (Wildman–Crippen LogP) is 5.02. The largest absolute Gasteiger partial charge is 0.364 e. The Bertz CT molecular complexity index is 603. The van der Waals surface area contributed by atoms with Crippen LogP contribution in [0.2, 0.25) is 5.02 Å². The molecule has 3 rings (SSSR count). The summed E-state index contributed by atoms with van der Waals surface area (Å²) in [5, 5.41) is 0.784. The first-order chi connectivity index (χ1) is 9.79. The molecule has 0 saturated carbocycles. The summed E-state index contributed by atoms with van der Waals surface area (Å²) in [5.41, 5.74) is 4.12. The van der Waals surface area contributed by atoms with Gasteiger partial charge in [0.15, 0.2) is 0 Å². The van der Waals surface area contributed by atoms with Crippen LogP contribution in [0.3, 0.4) is 0 Å². The fraction of sp³-hybridized carbons (Fsp3) is 0.222. The molecule has 0 bridgehead atoms. The smallest absolute Gasteiger partial charge is 0.0579 e. The molecule has 0 N–H and O–H groups in total. The lowest BCUT2D eigenvalue weighted by Crippen LogP contribution is -2.35. The Labute approximate surface area is 125 Å². The van der Waals surface area contributed by atoms with Crippen molar-refractivity contribution in [3.63, 3.8) is 0 Å². The van der Waals surface area contributed by atoms with E-state index in [4.69, 9.17) is 11.6 Å². The first-order valence-corrected chi connectivity index (χ1v) is 7.38. The van der Waals surface area contributed by atoms with Crippen LogP contribution in [-0.4, -0.2) is 6.54 Å². The Morgan fingerprint density at radius 3 is 2.65 bits per heavy atom. The number of nitrogens with zero attached hydrogens (tertiary/aromatic N) is 1. The summed E-state index contributed by atoms with van der Waals surface area (Å²) in [4.78, 5) is 2.46. The standard InChI is InChI=1S/C18H18ClN/c1-2-5-18-17-7-4-3-6-14(17)12-13-20(18)16-10-8-15(19)9-11-16/h2-4,6-11,18H,1,5,12-13H2. The maximum atomic E-state index is 5.99. The number of rotatable bonds is 3. The van der Waals surface area contributed by atoms with Crippen LogP contribution in [0, 0.1) is 0 Å². The predicted molar refractivity (Wildman–Crippen MR) is 86.5 cm³/mol. The van der Waals surface area contributed by atoms with Gasteiger partial charge in [0.1, 0.15) is 0 Å². The minimum atomic E-state index is 0.374. The molecule has 1 heterocycles. The van der Waals surface area contributed by atoms with Crippen molar-refractivity contribution in [2.24, 2.45) is 0 Å². The molecule has 0 radical (unpaired) electrons. The van der Waals surface area contributed by atoms with Crippen LogP contribution < -0.4 is 4.90 Å². The van der Waals surface area contributed by atoms with Gasteiger partial charge in [0, 0.05) is 17.3 Å². The van der Waals surface area contributed by atoms with Gasteiger partial charge in [-0.2, -0.15) is 0 Å². The second kappa shape index (κ2) is 5.72. The first kappa shape index (κ1) is 13.3. The molecular formula is C18H18ClN. The molecule has 2 aromatic carbocycles. The van der Waals surface area contributed by atoms with E-state index in [0.717, 1.165) is 24.4 Å². The fourth-order valence-electron chi connectivity index (χ4n) is 3.01. The minimum absolute atomic E-state index is 0.374. The number of hydrogen-bond acceptors (Lipinski definition) is 1. The number of benzene rings is 2. The van der Waals surface area contributed by atoms with Crippen LogP contribution >= 0.6 is 11.6 Å². The van der Waals surface area contributed by atoms with E-state index < -0.39 is 0 Å². The van der Waals surface area contributed by atoms with E-state index in [2.05, 4.69) is 47.9 Å². The van der Waals surface area contributed by atoms with Gasteiger partial charge >= 0.3 is 0 Å². The van der Waals surface area contributed by atoms with Crippen molar-refractivity contribution in [3.8, 4) is 0 Å². The summed E-state index contributed by atoms with van der Waals surface area (Å²) in [6.45, 7) is 4.96. The van der Waals surface area contributed by atoms with Crippen molar-refractivity contribution >= 4 is 17.3 Å². The van der Waals surface area contributed by atoms with Gasteiger partial charge in [0.25, 0.3) is 0 Å². The molecule has 0 amide bonds. The van der Waals surface area contributed by atoms with E-state index in [1.165, 1.54) is 16.8 Å². The molecule has 1 aliphatic heterocycles. The average molecular weight is 284 g/mol. The molecule has 0 spiro atoms. The Kier molecular flexibility index (Phi) is 3.79. The third-order valence-corrected chi connectivity index (χ3v) is 4.21. The van der Waals surface area contributed by atoms with Crippen LogP contribution in [0.4, 0.5) is 5.69 Å². The lowest BCUT2D eigenvalue weighted by atomic mass is 9.90. The number of anilines is 1. The van der Waals surface area contributed by atoms with Gasteiger partial charge in [-0.05, 0) is 48.2 Å². The van der Waals surface area contributed by atoms with E-state index in [1.54, 1.807) is 0 Å². The summed E-state index contributed by atoms with van der Waals surface area (Å²) in [6, 6.07) is 17.2. The van der Waals surface area contributed by atoms with Crippen LogP contribution in [0.5, 0.6) is 0 Å². The van der Waals surface area contributed by atoms with Gasteiger partial charge in [-0.3, -0.25) is 0 Å². The molecule has 20 heavy (non-hydrogen) atoms. The van der Waals surface area contributed by atoms with Crippen LogP contribution in [0.15, 0.2) is 61.2 Å². The Morgan fingerprint density at radius 2 is 1.90 bits per heavy atom. The van der Waals surface area contributed by atoms with Gasteiger partial charge in [-0.1, -0.05) is 41.9 Å². The Balaban J connectivity index is 1.99. The highest BCUT2D eigenvalue weighted by molar-refractivity contribution is 6.30. The lowest BCUT2D eigenvalue weighted by Gasteiger charge is -2.38. The van der Waals surface area contributed by atoms with E-state index in [1.807, 2.05) is 18.2 Å². The van der Waals surface area contributed by atoms with Crippen molar-refractivity contribution in [3.05, 3.63) is 77.3 Å². The van der Waals surface area contributed by atoms with Gasteiger partial charge in [-0.25, -0.2) is 0 Å². The maximum Gasteiger partial charge on any atom is 0.0579 e. The minimum Gasteiger partial charge on any atom is -0.364 e. The Hall–Kier alpha value is -1.73. The summed E-state index contributed by atoms with van der Waals surface area (Å²) >= 11 is 5.99. The topological polar surface area (TPSA) is 3.24 Å². The summed E-state index contributed by atoms with van der Waals surface area (Å²) in [7, 11) is 0. The normalized spacial score (nSPS) is 17.6. The summed E-state index contributed by atoms with van der Waals surface area (Å²) in [6.07, 6.45) is 4.06. The first-order valence-electron chi connectivity index (χ1n) is 7.00. The molecule has 1 atom stereocenters. The van der Waals surface area contributed by atoms with E-state index in [-0.39, 0.29) is 0 Å². The van der Waals surface area contributed by atoms with E-state index >= 15 is 0 Å². The molecule has 1 aliphatic rings. The SMILES string of the molecule is C=CCC1c2ccccc2CCN1c1ccc(Cl)cc1. The monoisotopic (exact) mass is 283 g/mol. The van der Waals surface area contributed by atoms with Crippen molar-refractivity contribution in [2.45, 2.75) is 18.9 Å². The lowest BCUT2D eigenvalue weighted by molar-refractivity contribution is 0.588. The molecule has 2 heteroatoms. The summed E-state index contributed by atoms with van der Waals surface area (Å²) in [5.74, 6) is 0. The zero-order valence-electron chi connectivity index (χ0n) is 11.4. The van der Waals surface area contributed by atoms with Crippen molar-refractivity contribution in [1.82, 2.24) is 0 Å². The van der Waals surface area contributed by atoms with Gasteiger partial charge in [-0.15, -0.1) is 6.58 Å². The molecule has 1 unspecified atom stereocenters. The molecule has 1 nitrogen and oxygen atoms in total. The van der Waals surface area contributed by atoms with Gasteiger partial charge < -0.3 is 4.90 Å². The molecule has 0 aliphatic carbocycles. The van der Waals surface area contributed by atoms with Gasteiger partial charge in [0.05, 0.1) is 6.04 Å². The highest BCUT2D eigenvalue weighted by Crippen LogP contribution is 2.36. The fourth-order valence-corrected chi connectivity index (χ4v) is 3.13. The third kappa shape index (κ3) is 2.46. The van der Waals surface area contributed by atoms with Crippen LogP contribution in [-0.2, 0) is 6.42 Å². The molecule has 102 valence electrons. The number of halogens is 1. The number of hydrogen-bond donors (Lipinski definition) is 0. The molecule has 0 aromatic heterocycles. The van der Waals surface area contributed by atoms with Crippen molar-refractivity contribution < 1.29 is 0 Å². The average Bonchev–Trinajstić information content (AvgIpc) is 2.49. The zero-order chi connectivity index (χ0) is 13.9. The maximum absolute atomic E-state index is 5.99. The van der Waals surface area contributed by atoms with Crippen molar-refractivity contribution in [2.75, 3.05) is 11.4 Å². The second-order valence-electron chi connectivity index (χ2n) is 5.16. The number of fused-ring (bicyclic) bond motifs is 1.